The summed E-state index contributed by atoms with van der Waals surface area (Å²) in [7, 11) is 0. The van der Waals surface area contributed by atoms with E-state index in [0.717, 1.165) is 5.92 Å². The van der Waals surface area contributed by atoms with Gasteiger partial charge in [0, 0.05) is 4.83 Å². The average molecular weight is 307 g/mol. The Balaban J connectivity index is 2.10. The maximum atomic E-state index is 3.94. The van der Waals surface area contributed by atoms with Gasteiger partial charge in [0.1, 0.15) is 0 Å². The molecule has 1 heteroatoms. The summed E-state index contributed by atoms with van der Waals surface area (Å²) in [6.07, 6.45) is 5.24. The Hall–Kier alpha value is -0.300. The summed E-state index contributed by atoms with van der Waals surface area (Å²) in [5.74, 6) is 0.804. The zero-order chi connectivity index (χ0) is 13.0. The fourth-order valence-electron chi connectivity index (χ4n) is 4.62. The molecule has 1 aromatic rings. The van der Waals surface area contributed by atoms with E-state index in [2.05, 4.69) is 61.0 Å². The van der Waals surface area contributed by atoms with E-state index in [1.54, 1.807) is 11.1 Å². The summed E-state index contributed by atoms with van der Waals surface area (Å²) >= 11 is 3.94. The molecular formula is C17H23Br. The quantitative estimate of drug-likeness (QED) is 0.586. The highest BCUT2D eigenvalue weighted by Crippen LogP contribution is 2.58. The van der Waals surface area contributed by atoms with Crippen molar-refractivity contribution in [3.05, 3.63) is 35.4 Å². The first kappa shape index (κ1) is 12.7. The van der Waals surface area contributed by atoms with E-state index >= 15 is 0 Å². The molecule has 1 saturated carbocycles. The van der Waals surface area contributed by atoms with Gasteiger partial charge in [0.25, 0.3) is 0 Å². The van der Waals surface area contributed by atoms with Crippen LogP contribution in [-0.4, -0.2) is 4.83 Å². The maximum Gasteiger partial charge on any atom is 0.0200 e. The number of hydrogen-bond acceptors (Lipinski definition) is 0. The Kier molecular flexibility index (Phi) is 2.89. The molecule has 0 nitrogen and oxygen atoms in total. The van der Waals surface area contributed by atoms with Crippen molar-refractivity contribution in [2.24, 2.45) is 11.3 Å². The highest BCUT2D eigenvalue weighted by molar-refractivity contribution is 9.09. The van der Waals surface area contributed by atoms with Gasteiger partial charge in [-0.3, -0.25) is 0 Å². The van der Waals surface area contributed by atoms with Crippen LogP contribution in [0.2, 0.25) is 0 Å². The van der Waals surface area contributed by atoms with Gasteiger partial charge in [0.15, 0.2) is 0 Å². The summed E-state index contributed by atoms with van der Waals surface area (Å²) < 4.78 is 0. The van der Waals surface area contributed by atoms with Crippen molar-refractivity contribution < 1.29 is 0 Å². The maximum absolute atomic E-state index is 3.94. The van der Waals surface area contributed by atoms with Gasteiger partial charge in [-0.15, -0.1) is 0 Å². The molecule has 0 N–H and O–H groups in total. The number of alkyl halides is 1. The molecule has 18 heavy (non-hydrogen) atoms. The smallest absolute Gasteiger partial charge is 0.0200 e. The van der Waals surface area contributed by atoms with Gasteiger partial charge in [-0.05, 0) is 53.6 Å². The van der Waals surface area contributed by atoms with Crippen LogP contribution < -0.4 is 0 Å². The molecule has 3 unspecified atom stereocenters. The van der Waals surface area contributed by atoms with Gasteiger partial charge in [-0.1, -0.05) is 61.0 Å². The second kappa shape index (κ2) is 4.10. The molecule has 2 aliphatic rings. The third-order valence-electron chi connectivity index (χ3n) is 5.73. The number of rotatable bonds is 0. The second-order valence-electron chi connectivity index (χ2n) is 6.99. The average Bonchev–Trinajstić information content (AvgIpc) is 2.35. The first-order valence-electron chi connectivity index (χ1n) is 7.19. The Morgan fingerprint density at radius 2 is 1.83 bits per heavy atom. The molecule has 0 amide bonds. The molecule has 0 spiro atoms. The van der Waals surface area contributed by atoms with Crippen molar-refractivity contribution in [1.29, 1.82) is 0 Å². The number of hydrogen-bond donors (Lipinski definition) is 0. The topological polar surface area (TPSA) is 0 Å². The lowest BCUT2D eigenvalue weighted by Gasteiger charge is -2.56. The minimum Gasteiger partial charge on any atom is -0.0885 e. The van der Waals surface area contributed by atoms with Crippen LogP contribution in [0.4, 0.5) is 0 Å². The third kappa shape index (κ3) is 1.62. The Labute approximate surface area is 119 Å². The van der Waals surface area contributed by atoms with Crippen LogP contribution in [0.1, 0.15) is 51.2 Å². The second-order valence-corrected chi connectivity index (χ2v) is 8.10. The van der Waals surface area contributed by atoms with Crippen LogP contribution in [-0.2, 0) is 11.8 Å². The summed E-state index contributed by atoms with van der Waals surface area (Å²) in [6, 6.07) is 9.14. The third-order valence-corrected chi connectivity index (χ3v) is 7.36. The summed E-state index contributed by atoms with van der Waals surface area (Å²) in [4.78, 5) is 0.674. The number of halogens is 1. The minimum absolute atomic E-state index is 0.391. The number of fused-ring (bicyclic) bond motifs is 3. The molecule has 0 saturated heterocycles. The van der Waals surface area contributed by atoms with Crippen LogP contribution in [0.5, 0.6) is 0 Å². The van der Waals surface area contributed by atoms with Crippen molar-refractivity contribution >= 4 is 15.9 Å². The van der Waals surface area contributed by atoms with Crippen LogP contribution in [0.3, 0.4) is 0 Å². The fourth-order valence-corrected chi connectivity index (χ4v) is 5.17. The van der Waals surface area contributed by atoms with Crippen LogP contribution >= 0.6 is 15.9 Å². The van der Waals surface area contributed by atoms with Gasteiger partial charge in [-0.25, -0.2) is 0 Å². The summed E-state index contributed by atoms with van der Waals surface area (Å²) in [6.45, 7) is 7.43. The van der Waals surface area contributed by atoms with E-state index in [1.807, 2.05) is 0 Å². The van der Waals surface area contributed by atoms with E-state index in [0.29, 0.717) is 15.7 Å². The Morgan fingerprint density at radius 1 is 1.11 bits per heavy atom. The fraction of sp³-hybridized carbons (Fsp3) is 0.647. The van der Waals surface area contributed by atoms with E-state index in [1.165, 1.54) is 25.7 Å². The normalized spacial score (nSPS) is 37.8. The van der Waals surface area contributed by atoms with Crippen molar-refractivity contribution in [1.82, 2.24) is 0 Å². The Morgan fingerprint density at radius 3 is 2.61 bits per heavy atom. The van der Waals surface area contributed by atoms with Gasteiger partial charge >= 0.3 is 0 Å². The largest absolute Gasteiger partial charge is 0.0885 e. The van der Waals surface area contributed by atoms with Gasteiger partial charge < -0.3 is 0 Å². The summed E-state index contributed by atoms with van der Waals surface area (Å²) in [5.41, 5.74) is 4.03. The van der Waals surface area contributed by atoms with Crippen molar-refractivity contribution in [3.63, 3.8) is 0 Å². The molecule has 3 rings (SSSR count). The Bertz CT molecular complexity index is 462. The van der Waals surface area contributed by atoms with Gasteiger partial charge in [0.05, 0.1) is 0 Å². The molecular weight excluding hydrogens is 284 g/mol. The summed E-state index contributed by atoms with van der Waals surface area (Å²) in [5, 5.41) is 0. The highest BCUT2D eigenvalue weighted by atomic mass is 79.9. The van der Waals surface area contributed by atoms with E-state index in [4.69, 9.17) is 0 Å². The molecule has 0 radical (unpaired) electrons. The van der Waals surface area contributed by atoms with Crippen LogP contribution in [0.25, 0.3) is 0 Å². The lowest BCUT2D eigenvalue weighted by Crippen LogP contribution is -2.52. The van der Waals surface area contributed by atoms with Crippen LogP contribution in [0, 0.1) is 11.3 Å². The predicted molar refractivity (Wildman–Crippen MR) is 81.3 cm³/mol. The zero-order valence-electron chi connectivity index (χ0n) is 11.7. The molecule has 0 aromatic heterocycles. The molecule has 98 valence electrons. The van der Waals surface area contributed by atoms with Gasteiger partial charge in [-0.2, -0.15) is 0 Å². The molecule has 2 aliphatic carbocycles. The molecule has 3 atom stereocenters. The standard InChI is InChI=1S/C17H23Br/c1-16(2)14-9-8-12-6-4-5-7-13(12)17(14,3)11-10-15(16)18/h4-7,14-15H,8-11H2,1-3H3. The minimum atomic E-state index is 0.391. The highest BCUT2D eigenvalue weighted by Gasteiger charge is 2.52. The number of aryl methyl sites for hydroxylation is 1. The first-order chi connectivity index (χ1) is 8.46. The molecule has 0 bridgehead atoms. The SMILES string of the molecule is CC12CCC(Br)C(C)(C)C1CCc1ccccc12. The number of benzene rings is 1. The van der Waals surface area contributed by atoms with Crippen molar-refractivity contribution in [2.75, 3.05) is 0 Å². The molecule has 0 heterocycles. The lowest BCUT2D eigenvalue weighted by molar-refractivity contribution is 0.0492. The first-order valence-corrected chi connectivity index (χ1v) is 8.10. The van der Waals surface area contributed by atoms with Crippen molar-refractivity contribution in [3.8, 4) is 0 Å². The van der Waals surface area contributed by atoms with Crippen LogP contribution in [0.15, 0.2) is 24.3 Å². The van der Waals surface area contributed by atoms with E-state index < -0.39 is 0 Å². The van der Waals surface area contributed by atoms with Crippen molar-refractivity contribution in [2.45, 2.75) is 56.7 Å². The molecule has 1 fully saturated rings. The van der Waals surface area contributed by atoms with Gasteiger partial charge in [0.2, 0.25) is 0 Å². The molecule has 1 aromatic carbocycles. The monoisotopic (exact) mass is 306 g/mol. The molecule has 0 aliphatic heterocycles. The lowest BCUT2D eigenvalue weighted by atomic mass is 9.50. The predicted octanol–water partition coefficient (Wildman–Crippen LogP) is 5.09. The van der Waals surface area contributed by atoms with E-state index in [-0.39, 0.29) is 0 Å². The zero-order valence-corrected chi connectivity index (χ0v) is 13.3. The van der Waals surface area contributed by atoms with E-state index in [9.17, 15) is 0 Å².